The van der Waals surface area contributed by atoms with Crippen LogP contribution in [0.2, 0.25) is 0 Å². The Morgan fingerprint density at radius 2 is 2.07 bits per heavy atom. The van der Waals surface area contributed by atoms with Gasteiger partial charge >= 0.3 is 5.97 Å². The molecule has 0 aliphatic carbocycles. The largest absolute Gasteiger partial charge is 0.480 e. The van der Waals surface area contributed by atoms with Gasteiger partial charge in [-0.2, -0.15) is 11.8 Å². The van der Waals surface area contributed by atoms with Gasteiger partial charge in [-0.05, 0) is 37.3 Å². The summed E-state index contributed by atoms with van der Waals surface area (Å²) in [6.45, 7) is 4.87. The van der Waals surface area contributed by atoms with E-state index in [4.69, 9.17) is 5.11 Å². The highest BCUT2D eigenvalue weighted by atomic mass is 32.2. The van der Waals surface area contributed by atoms with Gasteiger partial charge in [0.25, 0.3) is 0 Å². The number of rotatable bonds is 5. The number of aliphatic carboxylic acids is 1. The number of carbonyl (C=O) groups is 1. The quantitative estimate of drug-likeness (QED) is 0.786. The monoisotopic (exact) mass is 231 g/mol. The molecule has 1 atom stereocenters. The van der Waals surface area contributed by atoms with Crippen LogP contribution in [-0.4, -0.2) is 46.1 Å². The third-order valence-corrected chi connectivity index (χ3v) is 4.15. The fourth-order valence-electron chi connectivity index (χ4n) is 2.30. The first-order valence-corrected chi connectivity index (χ1v) is 6.92. The molecule has 1 heterocycles. The minimum Gasteiger partial charge on any atom is -0.480 e. The molecule has 1 N–H and O–H groups in total. The van der Waals surface area contributed by atoms with Crippen LogP contribution in [0.3, 0.4) is 0 Å². The van der Waals surface area contributed by atoms with Crippen LogP contribution < -0.4 is 0 Å². The van der Waals surface area contributed by atoms with Crippen LogP contribution in [0.4, 0.5) is 0 Å². The van der Waals surface area contributed by atoms with Gasteiger partial charge in [-0.3, -0.25) is 9.69 Å². The summed E-state index contributed by atoms with van der Waals surface area (Å²) in [6, 6.07) is 0.195. The van der Waals surface area contributed by atoms with Crippen molar-refractivity contribution in [3.05, 3.63) is 0 Å². The van der Waals surface area contributed by atoms with Gasteiger partial charge in [0, 0.05) is 6.04 Å². The summed E-state index contributed by atoms with van der Waals surface area (Å²) in [5, 5.41) is 9.16. The molecule has 3 nitrogen and oxygen atoms in total. The molecule has 1 aliphatic rings. The number of carboxylic acids is 1. The minimum absolute atomic E-state index is 0.289. The van der Waals surface area contributed by atoms with Crippen LogP contribution in [0.1, 0.15) is 33.1 Å². The van der Waals surface area contributed by atoms with Crippen molar-refractivity contribution >= 4 is 17.7 Å². The van der Waals surface area contributed by atoms with Crippen LogP contribution >= 0.6 is 11.8 Å². The number of nitrogens with zero attached hydrogens (tertiary/aromatic N) is 1. The lowest BCUT2D eigenvalue weighted by atomic mass is 10.1. The van der Waals surface area contributed by atoms with Crippen LogP contribution in [0.15, 0.2) is 0 Å². The van der Waals surface area contributed by atoms with Crippen LogP contribution in [0.5, 0.6) is 0 Å². The lowest BCUT2D eigenvalue weighted by Crippen LogP contribution is -2.48. The Balaban J connectivity index is 2.62. The molecule has 0 aromatic heterocycles. The van der Waals surface area contributed by atoms with Crippen molar-refractivity contribution in [2.24, 2.45) is 0 Å². The van der Waals surface area contributed by atoms with E-state index in [0.717, 1.165) is 19.4 Å². The summed E-state index contributed by atoms with van der Waals surface area (Å²) >= 11 is 1.98. The zero-order valence-corrected chi connectivity index (χ0v) is 10.4. The zero-order valence-electron chi connectivity index (χ0n) is 9.61. The van der Waals surface area contributed by atoms with E-state index in [0.29, 0.717) is 12.5 Å². The molecule has 0 radical (unpaired) electrons. The van der Waals surface area contributed by atoms with Gasteiger partial charge < -0.3 is 5.11 Å². The van der Waals surface area contributed by atoms with E-state index in [1.807, 2.05) is 18.7 Å². The van der Waals surface area contributed by atoms with E-state index in [9.17, 15) is 4.79 Å². The summed E-state index contributed by atoms with van der Waals surface area (Å²) in [5.74, 6) is 1.69. The van der Waals surface area contributed by atoms with E-state index < -0.39 is 5.97 Å². The highest BCUT2D eigenvalue weighted by Crippen LogP contribution is 2.24. The summed E-state index contributed by atoms with van der Waals surface area (Å²) in [4.78, 5) is 13.3. The van der Waals surface area contributed by atoms with E-state index in [-0.39, 0.29) is 6.04 Å². The summed E-state index contributed by atoms with van der Waals surface area (Å²) < 4.78 is 0. The second-order valence-corrected chi connectivity index (χ2v) is 5.16. The van der Waals surface area contributed by atoms with Gasteiger partial charge in [-0.1, -0.05) is 13.8 Å². The number of thioether (sulfide) groups is 1. The molecule has 4 heteroatoms. The van der Waals surface area contributed by atoms with Crippen molar-refractivity contribution in [2.45, 2.75) is 45.2 Å². The molecule has 0 spiro atoms. The Bertz CT molecular complexity index is 205. The number of likely N-dealkylation sites (N-methyl/N-ethyl adjacent to an activating group) is 1. The first-order valence-electron chi connectivity index (χ1n) is 5.77. The average molecular weight is 231 g/mol. The normalized spacial score (nSPS) is 20.5. The van der Waals surface area contributed by atoms with Crippen molar-refractivity contribution in [3.63, 3.8) is 0 Å². The molecule has 0 aromatic carbocycles. The molecule has 0 amide bonds. The highest BCUT2D eigenvalue weighted by molar-refractivity contribution is 7.99. The SMILES string of the molecule is CC[C@@H](C(=O)O)N(CC)C1CCSCC1. The van der Waals surface area contributed by atoms with Gasteiger partial charge in [0.2, 0.25) is 0 Å². The predicted molar refractivity (Wildman–Crippen MR) is 64.4 cm³/mol. The Kier molecular flexibility index (Phi) is 5.47. The maximum Gasteiger partial charge on any atom is 0.320 e. The fraction of sp³-hybridized carbons (Fsp3) is 0.909. The Labute approximate surface area is 96.2 Å². The number of hydrogen-bond acceptors (Lipinski definition) is 3. The second kappa shape index (κ2) is 6.38. The van der Waals surface area contributed by atoms with Gasteiger partial charge in [0.1, 0.15) is 6.04 Å². The second-order valence-electron chi connectivity index (χ2n) is 3.94. The molecule has 1 saturated heterocycles. The highest BCUT2D eigenvalue weighted by Gasteiger charge is 2.29. The third kappa shape index (κ3) is 3.38. The summed E-state index contributed by atoms with van der Waals surface area (Å²) in [6.07, 6.45) is 2.98. The van der Waals surface area contributed by atoms with Crippen molar-refractivity contribution < 1.29 is 9.90 Å². The lowest BCUT2D eigenvalue weighted by molar-refractivity contribution is -0.144. The maximum absolute atomic E-state index is 11.1. The Morgan fingerprint density at radius 1 is 1.47 bits per heavy atom. The first kappa shape index (κ1) is 12.8. The number of hydrogen-bond donors (Lipinski definition) is 1. The topological polar surface area (TPSA) is 40.5 Å². The summed E-state index contributed by atoms with van der Waals surface area (Å²) in [7, 11) is 0. The number of carboxylic acid groups (broad SMARTS) is 1. The first-order chi connectivity index (χ1) is 7.20. The Hall–Kier alpha value is -0.220. The molecular formula is C11H21NO2S. The maximum atomic E-state index is 11.1. The molecule has 15 heavy (non-hydrogen) atoms. The smallest absolute Gasteiger partial charge is 0.320 e. The average Bonchev–Trinajstić information content (AvgIpc) is 2.26. The Morgan fingerprint density at radius 3 is 2.47 bits per heavy atom. The third-order valence-electron chi connectivity index (χ3n) is 3.10. The van der Waals surface area contributed by atoms with Crippen LogP contribution in [-0.2, 0) is 4.79 Å². The molecule has 1 rings (SSSR count). The summed E-state index contributed by atoms with van der Waals surface area (Å²) in [5.41, 5.74) is 0. The molecule has 88 valence electrons. The van der Waals surface area contributed by atoms with Gasteiger partial charge in [0.15, 0.2) is 0 Å². The van der Waals surface area contributed by atoms with E-state index >= 15 is 0 Å². The van der Waals surface area contributed by atoms with Crippen LogP contribution in [0.25, 0.3) is 0 Å². The fourth-order valence-corrected chi connectivity index (χ4v) is 3.38. The lowest BCUT2D eigenvalue weighted by Gasteiger charge is -2.36. The zero-order chi connectivity index (χ0) is 11.3. The molecule has 1 aliphatic heterocycles. The van der Waals surface area contributed by atoms with Gasteiger partial charge in [0.05, 0.1) is 0 Å². The molecule has 0 bridgehead atoms. The van der Waals surface area contributed by atoms with Crippen molar-refractivity contribution in [3.8, 4) is 0 Å². The molecular weight excluding hydrogens is 210 g/mol. The van der Waals surface area contributed by atoms with Gasteiger partial charge in [-0.25, -0.2) is 0 Å². The van der Waals surface area contributed by atoms with E-state index in [1.54, 1.807) is 0 Å². The molecule has 0 aromatic rings. The molecule has 0 unspecified atom stereocenters. The molecule has 0 saturated carbocycles. The van der Waals surface area contributed by atoms with Crippen molar-refractivity contribution in [1.82, 2.24) is 4.90 Å². The van der Waals surface area contributed by atoms with Crippen molar-refractivity contribution in [2.75, 3.05) is 18.1 Å². The van der Waals surface area contributed by atoms with E-state index in [2.05, 4.69) is 11.8 Å². The predicted octanol–water partition coefficient (Wildman–Crippen LogP) is 2.07. The standard InChI is InChI=1S/C11H21NO2S/c1-3-10(11(13)14)12(4-2)9-5-7-15-8-6-9/h9-10H,3-8H2,1-2H3,(H,13,14)/t10-/m0/s1. The van der Waals surface area contributed by atoms with Gasteiger partial charge in [-0.15, -0.1) is 0 Å². The van der Waals surface area contributed by atoms with Crippen molar-refractivity contribution in [1.29, 1.82) is 0 Å². The van der Waals surface area contributed by atoms with E-state index in [1.165, 1.54) is 11.5 Å². The minimum atomic E-state index is -0.669. The van der Waals surface area contributed by atoms with Crippen LogP contribution in [0, 0.1) is 0 Å². The molecule has 1 fully saturated rings.